The molecule has 0 atom stereocenters. The number of rotatable bonds is 10. The van der Waals surface area contributed by atoms with Gasteiger partial charge in [-0.3, -0.25) is 4.79 Å². The molecule has 0 aliphatic heterocycles. The van der Waals surface area contributed by atoms with Crippen molar-refractivity contribution in [2.24, 2.45) is 5.41 Å². The van der Waals surface area contributed by atoms with Crippen LogP contribution in [0.4, 0.5) is 4.79 Å². The zero-order valence-corrected chi connectivity index (χ0v) is 13.1. The number of carboxylic acids is 1. The fourth-order valence-electron chi connectivity index (χ4n) is 2.31. The fraction of sp³-hybridized carbons (Fsp3) is 0.857. The summed E-state index contributed by atoms with van der Waals surface area (Å²) in [7, 11) is 0. The van der Waals surface area contributed by atoms with E-state index in [1.807, 2.05) is 11.8 Å². The van der Waals surface area contributed by atoms with Crippen molar-refractivity contribution in [3.63, 3.8) is 0 Å². The van der Waals surface area contributed by atoms with Crippen LogP contribution in [-0.4, -0.2) is 42.2 Å². The molecule has 116 valence electrons. The summed E-state index contributed by atoms with van der Waals surface area (Å²) in [6.07, 6.45) is 8.91. The first-order valence-corrected chi connectivity index (χ1v) is 8.74. The zero-order chi connectivity index (χ0) is 14.8. The summed E-state index contributed by atoms with van der Waals surface area (Å²) in [6.45, 7) is 0.896. The fourth-order valence-corrected chi connectivity index (χ4v) is 2.80. The van der Waals surface area contributed by atoms with E-state index in [0.29, 0.717) is 19.4 Å². The average Bonchev–Trinajstić information content (AvgIpc) is 2.36. The van der Waals surface area contributed by atoms with E-state index in [4.69, 9.17) is 5.11 Å². The molecule has 0 unspecified atom stereocenters. The van der Waals surface area contributed by atoms with Crippen LogP contribution in [0.2, 0.25) is 0 Å². The van der Waals surface area contributed by atoms with E-state index in [9.17, 15) is 9.59 Å². The summed E-state index contributed by atoms with van der Waals surface area (Å²) in [6, 6.07) is -0.248. The number of aliphatic carboxylic acids is 1. The van der Waals surface area contributed by atoms with E-state index in [2.05, 4.69) is 16.9 Å². The normalized spacial score (nSPS) is 16.2. The Balaban J connectivity index is 2.02. The van der Waals surface area contributed by atoms with Crippen molar-refractivity contribution in [2.45, 2.75) is 44.9 Å². The molecule has 1 saturated carbocycles. The predicted molar refractivity (Wildman–Crippen MR) is 82.2 cm³/mol. The highest BCUT2D eigenvalue weighted by Gasteiger charge is 2.44. The highest BCUT2D eigenvalue weighted by atomic mass is 32.2. The first-order chi connectivity index (χ1) is 9.60. The topological polar surface area (TPSA) is 78.4 Å². The van der Waals surface area contributed by atoms with Crippen molar-refractivity contribution < 1.29 is 14.7 Å². The molecule has 0 radical (unpaired) electrons. The lowest BCUT2D eigenvalue weighted by Crippen LogP contribution is -2.49. The summed E-state index contributed by atoms with van der Waals surface area (Å²) < 4.78 is 0. The van der Waals surface area contributed by atoms with Gasteiger partial charge in [0, 0.05) is 13.1 Å². The first kappa shape index (κ1) is 17.1. The summed E-state index contributed by atoms with van der Waals surface area (Å²) in [5.41, 5.74) is -0.713. The molecular formula is C14H26N2O3S. The number of carbonyl (C=O) groups excluding carboxylic acids is 1. The van der Waals surface area contributed by atoms with E-state index in [1.165, 1.54) is 18.6 Å². The molecule has 0 saturated heterocycles. The maximum absolute atomic E-state index is 11.6. The third-order valence-corrected chi connectivity index (χ3v) is 4.61. The van der Waals surface area contributed by atoms with Gasteiger partial charge in [0.05, 0.1) is 5.41 Å². The van der Waals surface area contributed by atoms with E-state index in [1.54, 1.807) is 0 Å². The molecule has 20 heavy (non-hydrogen) atoms. The molecule has 6 heteroatoms. The number of carboxylic acid groups (broad SMARTS) is 1. The largest absolute Gasteiger partial charge is 0.481 e. The van der Waals surface area contributed by atoms with Crippen LogP contribution in [0.3, 0.4) is 0 Å². The molecule has 0 heterocycles. The second-order valence-corrected chi connectivity index (χ2v) is 6.44. The Labute approximate surface area is 125 Å². The lowest BCUT2D eigenvalue weighted by atomic mass is 9.69. The predicted octanol–water partition coefficient (Wildman–Crippen LogP) is 2.46. The van der Waals surface area contributed by atoms with Gasteiger partial charge in [0.25, 0.3) is 0 Å². The molecule has 2 amide bonds. The Morgan fingerprint density at radius 3 is 2.40 bits per heavy atom. The van der Waals surface area contributed by atoms with Gasteiger partial charge >= 0.3 is 12.0 Å². The molecule has 1 rings (SSSR count). The van der Waals surface area contributed by atoms with Crippen LogP contribution in [0.1, 0.15) is 44.9 Å². The van der Waals surface area contributed by atoms with Gasteiger partial charge in [-0.25, -0.2) is 4.79 Å². The number of amides is 2. The highest BCUT2D eigenvalue weighted by molar-refractivity contribution is 7.98. The second kappa shape index (κ2) is 9.10. The van der Waals surface area contributed by atoms with E-state index in [0.717, 1.165) is 19.3 Å². The van der Waals surface area contributed by atoms with Gasteiger partial charge in [-0.1, -0.05) is 19.3 Å². The molecule has 5 nitrogen and oxygen atoms in total. The van der Waals surface area contributed by atoms with Gasteiger partial charge in [-0.15, -0.1) is 0 Å². The van der Waals surface area contributed by atoms with Crippen LogP contribution < -0.4 is 10.6 Å². The minimum Gasteiger partial charge on any atom is -0.481 e. The Hall–Kier alpha value is -0.910. The van der Waals surface area contributed by atoms with E-state index in [-0.39, 0.29) is 12.6 Å². The summed E-state index contributed by atoms with van der Waals surface area (Å²) in [4.78, 5) is 22.7. The molecule has 0 spiro atoms. The van der Waals surface area contributed by atoms with Crippen LogP contribution in [0.5, 0.6) is 0 Å². The number of carbonyl (C=O) groups is 2. The number of thioether (sulfide) groups is 1. The third-order valence-electron chi connectivity index (χ3n) is 3.91. The maximum atomic E-state index is 11.6. The SMILES string of the molecule is CSCCCCCCNC(=O)NCC1(C(=O)O)CCC1. The molecule has 0 aromatic heterocycles. The van der Waals surface area contributed by atoms with Crippen molar-refractivity contribution in [3.8, 4) is 0 Å². The van der Waals surface area contributed by atoms with Crippen LogP contribution in [-0.2, 0) is 4.79 Å². The molecular weight excluding hydrogens is 276 g/mol. The highest BCUT2D eigenvalue weighted by Crippen LogP contribution is 2.40. The Kier molecular flexibility index (Phi) is 7.80. The lowest BCUT2D eigenvalue weighted by Gasteiger charge is -2.37. The first-order valence-electron chi connectivity index (χ1n) is 7.35. The monoisotopic (exact) mass is 302 g/mol. The smallest absolute Gasteiger partial charge is 0.314 e. The van der Waals surface area contributed by atoms with Crippen LogP contribution in [0.15, 0.2) is 0 Å². The molecule has 3 N–H and O–H groups in total. The number of hydrogen-bond donors (Lipinski definition) is 3. The van der Waals surface area contributed by atoms with Gasteiger partial charge in [-0.05, 0) is 37.7 Å². The second-order valence-electron chi connectivity index (χ2n) is 5.46. The molecule has 1 aliphatic rings. The number of hydrogen-bond acceptors (Lipinski definition) is 3. The minimum absolute atomic E-state index is 0.238. The van der Waals surface area contributed by atoms with Gasteiger partial charge in [0.1, 0.15) is 0 Å². The van der Waals surface area contributed by atoms with Crippen molar-refractivity contribution in [1.82, 2.24) is 10.6 Å². The van der Waals surface area contributed by atoms with Crippen molar-refractivity contribution in [1.29, 1.82) is 0 Å². The molecule has 0 aromatic rings. The lowest BCUT2D eigenvalue weighted by molar-refractivity contribution is -0.153. The quantitative estimate of drug-likeness (QED) is 0.542. The van der Waals surface area contributed by atoms with Gasteiger partial charge in [0.15, 0.2) is 0 Å². The minimum atomic E-state index is -0.794. The van der Waals surface area contributed by atoms with E-state index >= 15 is 0 Å². The summed E-state index contributed by atoms with van der Waals surface area (Å²) in [5, 5.41) is 14.6. The third kappa shape index (κ3) is 5.61. The van der Waals surface area contributed by atoms with Crippen LogP contribution >= 0.6 is 11.8 Å². The standard InChI is InChI=1S/C14H26N2O3S/c1-20-10-5-3-2-4-9-15-13(19)16-11-14(12(17)18)7-6-8-14/h2-11H2,1H3,(H,17,18)(H2,15,16,19). The summed E-state index contributed by atoms with van der Waals surface area (Å²) in [5.74, 6) is 0.406. The zero-order valence-electron chi connectivity index (χ0n) is 12.2. The Bertz CT molecular complexity index is 320. The van der Waals surface area contributed by atoms with Crippen molar-refractivity contribution in [3.05, 3.63) is 0 Å². The number of urea groups is 1. The Morgan fingerprint density at radius 1 is 1.15 bits per heavy atom. The van der Waals surface area contributed by atoms with Gasteiger partial charge in [0.2, 0.25) is 0 Å². The molecule has 1 aliphatic carbocycles. The molecule has 1 fully saturated rings. The van der Waals surface area contributed by atoms with Crippen molar-refractivity contribution >= 4 is 23.8 Å². The van der Waals surface area contributed by atoms with E-state index < -0.39 is 11.4 Å². The van der Waals surface area contributed by atoms with Gasteiger partial charge < -0.3 is 15.7 Å². The van der Waals surface area contributed by atoms with Crippen LogP contribution in [0, 0.1) is 5.41 Å². The number of unbranched alkanes of at least 4 members (excludes halogenated alkanes) is 3. The van der Waals surface area contributed by atoms with Gasteiger partial charge in [-0.2, -0.15) is 11.8 Å². The maximum Gasteiger partial charge on any atom is 0.314 e. The molecule has 0 bridgehead atoms. The van der Waals surface area contributed by atoms with Crippen molar-refractivity contribution in [2.75, 3.05) is 25.1 Å². The average molecular weight is 302 g/mol. The van der Waals surface area contributed by atoms with Crippen LogP contribution in [0.25, 0.3) is 0 Å². The number of nitrogens with one attached hydrogen (secondary N) is 2. The molecule has 0 aromatic carbocycles. The Morgan fingerprint density at radius 2 is 1.85 bits per heavy atom. The summed E-state index contributed by atoms with van der Waals surface area (Å²) >= 11 is 1.86.